The Morgan fingerprint density at radius 1 is 1.14 bits per heavy atom. The highest BCUT2D eigenvalue weighted by Gasteiger charge is 2.23. The van der Waals surface area contributed by atoms with Gasteiger partial charge in [0.1, 0.15) is 0 Å². The number of aryl methyl sites for hydroxylation is 1. The van der Waals surface area contributed by atoms with Crippen molar-refractivity contribution < 1.29 is 9.47 Å². The minimum atomic E-state index is 0.415. The molecule has 0 aromatic heterocycles. The summed E-state index contributed by atoms with van der Waals surface area (Å²) in [7, 11) is 3.40. The van der Waals surface area contributed by atoms with Crippen molar-refractivity contribution in [3.8, 4) is 11.5 Å². The summed E-state index contributed by atoms with van der Waals surface area (Å²) in [5, 5.41) is 3.66. The number of hydrogen-bond acceptors (Lipinski definition) is 3. The van der Waals surface area contributed by atoms with E-state index in [0.717, 1.165) is 24.0 Å². The van der Waals surface area contributed by atoms with Gasteiger partial charge < -0.3 is 14.8 Å². The lowest BCUT2D eigenvalue weighted by Gasteiger charge is -2.24. The van der Waals surface area contributed by atoms with E-state index >= 15 is 0 Å². The lowest BCUT2D eigenvalue weighted by molar-refractivity contribution is 0.351. The average Bonchev–Trinajstić information content (AvgIpc) is 2.99. The third-order valence-electron chi connectivity index (χ3n) is 4.64. The van der Waals surface area contributed by atoms with Gasteiger partial charge in [0, 0.05) is 6.04 Å². The maximum absolute atomic E-state index is 5.48. The highest BCUT2D eigenvalue weighted by Crippen LogP contribution is 2.37. The number of rotatable bonds is 7. The number of methoxy groups -OCH3 is 2. The molecule has 0 radical (unpaired) electrons. The topological polar surface area (TPSA) is 30.5 Å². The van der Waals surface area contributed by atoms with Gasteiger partial charge in [0.05, 0.1) is 14.2 Å². The van der Waals surface area contributed by atoms with Gasteiger partial charge in [-0.2, -0.15) is 0 Å². The van der Waals surface area contributed by atoms with Gasteiger partial charge in [0.15, 0.2) is 11.5 Å². The molecule has 3 heteroatoms. The van der Waals surface area contributed by atoms with Gasteiger partial charge in [-0.25, -0.2) is 0 Å². The molecule has 3 nitrogen and oxygen atoms in total. The molecule has 0 aliphatic heterocycles. The molecule has 0 amide bonds. The van der Waals surface area contributed by atoms with Gasteiger partial charge in [0.25, 0.3) is 0 Å². The first kappa shape index (κ1) is 16.2. The van der Waals surface area contributed by atoms with Crippen LogP contribution < -0.4 is 14.8 Å². The number of nitrogens with one attached hydrogen (secondary N) is 1. The smallest absolute Gasteiger partial charge is 0.161 e. The molecule has 118 valence electrons. The van der Waals surface area contributed by atoms with E-state index in [1.54, 1.807) is 14.2 Å². The molecule has 1 aliphatic rings. The van der Waals surface area contributed by atoms with Crippen LogP contribution in [-0.4, -0.2) is 20.8 Å². The Hall–Kier alpha value is -1.22. The summed E-state index contributed by atoms with van der Waals surface area (Å²) < 4.78 is 10.9. The van der Waals surface area contributed by atoms with Crippen LogP contribution in [0.5, 0.6) is 11.5 Å². The van der Waals surface area contributed by atoms with Crippen LogP contribution in [0.25, 0.3) is 0 Å². The zero-order valence-electron chi connectivity index (χ0n) is 13.9. The second-order valence-corrected chi connectivity index (χ2v) is 6.06. The third kappa shape index (κ3) is 3.91. The number of benzene rings is 1. The monoisotopic (exact) mass is 291 g/mol. The molecular weight excluding hydrogens is 262 g/mol. The zero-order chi connectivity index (χ0) is 15.2. The van der Waals surface area contributed by atoms with Gasteiger partial charge in [-0.05, 0) is 49.1 Å². The quantitative estimate of drug-likeness (QED) is 0.815. The normalized spacial score (nSPS) is 17.0. The van der Waals surface area contributed by atoms with Gasteiger partial charge in [-0.1, -0.05) is 32.6 Å². The number of ether oxygens (including phenoxy) is 2. The lowest BCUT2D eigenvalue weighted by atomic mass is 9.91. The predicted molar refractivity (Wildman–Crippen MR) is 87.3 cm³/mol. The molecule has 21 heavy (non-hydrogen) atoms. The second kappa shape index (κ2) is 7.69. The molecule has 0 saturated heterocycles. The van der Waals surface area contributed by atoms with Crippen molar-refractivity contribution in [3.63, 3.8) is 0 Å². The molecule has 1 atom stereocenters. The van der Waals surface area contributed by atoms with Crippen LogP contribution in [-0.2, 0) is 0 Å². The van der Waals surface area contributed by atoms with E-state index in [1.807, 2.05) is 0 Å². The van der Waals surface area contributed by atoms with E-state index in [2.05, 4.69) is 31.3 Å². The Balaban J connectivity index is 2.25. The van der Waals surface area contributed by atoms with E-state index in [4.69, 9.17) is 9.47 Å². The van der Waals surface area contributed by atoms with Crippen molar-refractivity contribution >= 4 is 0 Å². The maximum atomic E-state index is 5.48. The fraction of sp³-hybridized carbons (Fsp3) is 0.667. The summed E-state index contributed by atoms with van der Waals surface area (Å²) in [4.78, 5) is 0. The molecule has 1 aromatic carbocycles. The molecule has 1 saturated carbocycles. The molecule has 1 N–H and O–H groups in total. The largest absolute Gasteiger partial charge is 0.493 e. The first-order valence-electron chi connectivity index (χ1n) is 8.15. The molecule has 1 aliphatic carbocycles. The van der Waals surface area contributed by atoms with Crippen molar-refractivity contribution in [1.82, 2.24) is 5.32 Å². The predicted octanol–water partition coefficient (Wildman–Crippen LogP) is 4.24. The van der Waals surface area contributed by atoms with Crippen LogP contribution in [0.2, 0.25) is 0 Å². The van der Waals surface area contributed by atoms with Crippen molar-refractivity contribution in [2.45, 2.75) is 52.0 Å². The average molecular weight is 291 g/mol. The number of hydrogen-bond donors (Lipinski definition) is 1. The fourth-order valence-corrected chi connectivity index (χ4v) is 3.52. The van der Waals surface area contributed by atoms with E-state index in [-0.39, 0.29) is 0 Å². The summed E-state index contributed by atoms with van der Waals surface area (Å²) in [5.74, 6) is 2.50. The summed E-state index contributed by atoms with van der Waals surface area (Å²) >= 11 is 0. The highest BCUT2D eigenvalue weighted by molar-refractivity contribution is 5.48. The minimum Gasteiger partial charge on any atom is -0.493 e. The summed E-state index contributed by atoms with van der Waals surface area (Å²) in [5.41, 5.74) is 2.62. The van der Waals surface area contributed by atoms with E-state index in [1.165, 1.54) is 43.2 Å². The van der Waals surface area contributed by atoms with Gasteiger partial charge in [-0.15, -0.1) is 0 Å². The standard InChI is InChI=1S/C18H29NO2/c1-5-19-16(11-14-8-6-7-9-14)15-12-18(21-4)17(20-3)10-13(15)2/h10,12,14,16,19H,5-9,11H2,1-4H3. The van der Waals surface area contributed by atoms with Crippen molar-refractivity contribution in [2.75, 3.05) is 20.8 Å². The molecule has 1 fully saturated rings. The van der Waals surface area contributed by atoms with Crippen LogP contribution in [0.4, 0.5) is 0 Å². The van der Waals surface area contributed by atoms with E-state index in [9.17, 15) is 0 Å². The summed E-state index contributed by atoms with van der Waals surface area (Å²) in [6.07, 6.45) is 6.79. The summed E-state index contributed by atoms with van der Waals surface area (Å²) in [6.45, 7) is 5.33. The molecule has 2 rings (SSSR count). The molecule has 0 heterocycles. The third-order valence-corrected chi connectivity index (χ3v) is 4.64. The molecule has 0 bridgehead atoms. The zero-order valence-corrected chi connectivity index (χ0v) is 13.9. The van der Waals surface area contributed by atoms with Crippen LogP contribution in [0.15, 0.2) is 12.1 Å². The van der Waals surface area contributed by atoms with Crippen LogP contribution in [0.3, 0.4) is 0 Å². The lowest BCUT2D eigenvalue weighted by Crippen LogP contribution is -2.24. The Kier molecular flexibility index (Phi) is 5.92. The SMILES string of the molecule is CCNC(CC1CCCC1)c1cc(OC)c(OC)cc1C. The van der Waals surface area contributed by atoms with Gasteiger partial charge in [-0.3, -0.25) is 0 Å². The Morgan fingerprint density at radius 2 is 1.76 bits per heavy atom. The van der Waals surface area contributed by atoms with Crippen molar-refractivity contribution in [1.29, 1.82) is 0 Å². The first-order chi connectivity index (χ1) is 10.2. The van der Waals surface area contributed by atoms with Crippen LogP contribution >= 0.6 is 0 Å². The first-order valence-corrected chi connectivity index (χ1v) is 8.15. The Bertz CT molecular complexity index is 453. The summed E-state index contributed by atoms with van der Waals surface area (Å²) in [6, 6.07) is 4.65. The Morgan fingerprint density at radius 3 is 2.33 bits per heavy atom. The fourth-order valence-electron chi connectivity index (χ4n) is 3.52. The minimum absolute atomic E-state index is 0.415. The maximum Gasteiger partial charge on any atom is 0.161 e. The van der Waals surface area contributed by atoms with E-state index < -0.39 is 0 Å². The van der Waals surface area contributed by atoms with Gasteiger partial charge >= 0.3 is 0 Å². The van der Waals surface area contributed by atoms with Crippen molar-refractivity contribution in [3.05, 3.63) is 23.3 Å². The second-order valence-electron chi connectivity index (χ2n) is 6.06. The van der Waals surface area contributed by atoms with Gasteiger partial charge in [0.2, 0.25) is 0 Å². The van der Waals surface area contributed by atoms with E-state index in [0.29, 0.717) is 6.04 Å². The highest BCUT2D eigenvalue weighted by atomic mass is 16.5. The molecular formula is C18H29NO2. The Labute approximate surface area is 129 Å². The van der Waals surface area contributed by atoms with Crippen molar-refractivity contribution in [2.24, 2.45) is 5.92 Å². The molecule has 1 aromatic rings. The van der Waals surface area contributed by atoms with Crippen LogP contribution in [0.1, 0.15) is 56.2 Å². The van der Waals surface area contributed by atoms with Crippen LogP contribution in [0, 0.1) is 12.8 Å². The molecule has 0 spiro atoms. The molecule has 1 unspecified atom stereocenters.